The van der Waals surface area contributed by atoms with Gasteiger partial charge in [-0.05, 0) is 37.5 Å². The summed E-state index contributed by atoms with van der Waals surface area (Å²) in [5.41, 5.74) is 6.06. The Kier molecular flexibility index (Phi) is 5.29. The topological polar surface area (TPSA) is 26.0 Å². The number of hydrogen-bond acceptors (Lipinski definition) is 1. The van der Waals surface area contributed by atoms with Crippen LogP contribution < -0.4 is 5.73 Å². The molecule has 0 heterocycles. The molecule has 1 rings (SSSR count). The summed E-state index contributed by atoms with van der Waals surface area (Å²) in [6.07, 6.45) is -0.0754. The number of halogens is 3. The van der Waals surface area contributed by atoms with Crippen LogP contribution in [-0.2, 0) is 0 Å². The fraction of sp³-hybridized carbons (Fsp3) is 1.00. The number of rotatable bonds is 4. The molecule has 4 unspecified atom stereocenters. The second-order valence-corrected chi connectivity index (χ2v) is 5.58. The molecule has 0 radical (unpaired) electrons. The highest BCUT2D eigenvalue weighted by molar-refractivity contribution is 4.84. The zero-order valence-corrected chi connectivity index (χ0v) is 10.8. The van der Waals surface area contributed by atoms with Crippen LogP contribution in [0.1, 0.15) is 52.4 Å². The first kappa shape index (κ1) is 14.8. The minimum absolute atomic E-state index is 0.0596. The van der Waals surface area contributed by atoms with E-state index in [1.165, 1.54) is 0 Å². The van der Waals surface area contributed by atoms with E-state index in [-0.39, 0.29) is 24.8 Å². The van der Waals surface area contributed by atoms with Crippen LogP contribution in [-0.4, -0.2) is 12.2 Å². The zero-order valence-electron chi connectivity index (χ0n) is 10.8. The quantitative estimate of drug-likeness (QED) is 0.799. The Labute approximate surface area is 102 Å². The van der Waals surface area contributed by atoms with Crippen molar-refractivity contribution in [3.63, 3.8) is 0 Å². The maximum Gasteiger partial charge on any atom is 0.391 e. The van der Waals surface area contributed by atoms with Gasteiger partial charge in [0.15, 0.2) is 0 Å². The summed E-state index contributed by atoms with van der Waals surface area (Å²) < 4.78 is 38.0. The molecule has 0 aromatic carbocycles. The fourth-order valence-electron chi connectivity index (χ4n) is 2.74. The van der Waals surface area contributed by atoms with E-state index in [0.29, 0.717) is 12.3 Å². The lowest BCUT2D eigenvalue weighted by atomic mass is 9.75. The Balaban J connectivity index is 2.49. The van der Waals surface area contributed by atoms with Gasteiger partial charge in [0.1, 0.15) is 0 Å². The maximum absolute atomic E-state index is 12.7. The van der Waals surface area contributed by atoms with Gasteiger partial charge in [-0.15, -0.1) is 0 Å². The highest BCUT2D eigenvalue weighted by Crippen LogP contribution is 2.41. The van der Waals surface area contributed by atoms with Gasteiger partial charge in [0.05, 0.1) is 5.92 Å². The van der Waals surface area contributed by atoms with Gasteiger partial charge in [-0.2, -0.15) is 13.2 Å². The first-order valence-electron chi connectivity index (χ1n) is 6.66. The van der Waals surface area contributed by atoms with Gasteiger partial charge < -0.3 is 5.73 Å². The van der Waals surface area contributed by atoms with Crippen LogP contribution in [0.3, 0.4) is 0 Å². The van der Waals surface area contributed by atoms with Crippen molar-refractivity contribution >= 4 is 0 Å². The average Bonchev–Trinajstić information content (AvgIpc) is 2.28. The van der Waals surface area contributed by atoms with Crippen LogP contribution >= 0.6 is 0 Å². The molecule has 1 aliphatic carbocycles. The minimum Gasteiger partial charge on any atom is -0.327 e. The molecule has 4 heteroatoms. The third-order valence-corrected chi connectivity index (χ3v) is 4.15. The van der Waals surface area contributed by atoms with Crippen LogP contribution in [0.2, 0.25) is 0 Å². The van der Waals surface area contributed by atoms with Crippen molar-refractivity contribution < 1.29 is 13.2 Å². The van der Waals surface area contributed by atoms with Crippen LogP contribution in [0.5, 0.6) is 0 Å². The lowest BCUT2D eigenvalue weighted by molar-refractivity contribution is -0.186. The van der Waals surface area contributed by atoms with Crippen molar-refractivity contribution in [2.75, 3.05) is 0 Å². The summed E-state index contributed by atoms with van der Waals surface area (Å²) in [6, 6.07) is -0.0601. The van der Waals surface area contributed by atoms with Crippen LogP contribution in [0, 0.1) is 17.8 Å². The highest BCUT2D eigenvalue weighted by Gasteiger charge is 2.43. The van der Waals surface area contributed by atoms with Crippen molar-refractivity contribution in [2.45, 2.75) is 64.6 Å². The molecule has 1 aliphatic rings. The second kappa shape index (κ2) is 6.07. The molecular formula is C13H24F3N. The van der Waals surface area contributed by atoms with Crippen LogP contribution in [0.15, 0.2) is 0 Å². The van der Waals surface area contributed by atoms with Crippen molar-refractivity contribution in [2.24, 2.45) is 23.5 Å². The van der Waals surface area contributed by atoms with Gasteiger partial charge in [-0.25, -0.2) is 0 Å². The lowest BCUT2D eigenvalue weighted by Gasteiger charge is -2.34. The normalized spacial score (nSPS) is 30.0. The molecule has 0 aromatic rings. The molecule has 4 atom stereocenters. The largest absolute Gasteiger partial charge is 0.391 e. The van der Waals surface area contributed by atoms with E-state index >= 15 is 0 Å². The van der Waals surface area contributed by atoms with Gasteiger partial charge in [-0.3, -0.25) is 0 Å². The smallest absolute Gasteiger partial charge is 0.327 e. The summed E-state index contributed by atoms with van der Waals surface area (Å²) in [4.78, 5) is 0. The van der Waals surface area contributed by atoms with Crippen molar-refractivity contribution in [1.82, 2.24) is 0 Å². The van der Waals surface area contributed by atoms with E-state index in [0.717, 1.165) is 19.3 Å². The van der Waals surface area contributed by atoms with E-state index in [1.54, 1.807) is 0 Å². The zero-order chi connectivity index (χ0) is 13.1. The lowest BCUT2D eigenvalue weighted by Crippen LogP contribution is -2.38. The first-order chi connectivity index (χ1) is 7.84. The highest BCUT2D eigenvalue weighted by atomic mass is 19.4. The maximum atomic E-state index is 12.7. The molecule has 0 saturated heterocycles. The third-order valence-electron chi connectivity index (χ3n) is 4.15. The molecule has 1 saturated carbocycles. The Morgan fingerprint density at radius 3 is 2.47 bits per heavy atom. The average molecular weight is 251 g/mol. The Morgan fingerprint density at radius 2 is 1.94 bits per heavy atom. The van der Waals surface area contributed by atoms with E-state index < -0.39 is 12.1 Å². The van der Waals surface area contributed by atoms with E-state index in [9.17, 15) is 13.2 Å². The molecule has 0 spiro atoms. The second-order valence-electron chi connectivity index (χ2n) is 5.58. The third kappa shape index (κ3) is 4.49. The van der Waals surface area contributed by atoms with Gasteiger partial charge in [0, 0.05) is 6.04 Å². The molecule has 2 N–H and O–H groups in total. The molecule has 0 amide bonds. The molecule has 0 bridgehead atoms. The van der Waals surface area contributed by atoms with Gasteiger partial charge in [0.2, 0.25) is 0 Å². The summed E-state index contributed by atoms with van der Waals surface area (Å²) >= 11 is 0. The van der Waals surface area contributed by atoms with Crippen molar-refractivity contribution in [3.8, 4) is 0 Å². The van der Waals surface area contributed by atoms with E-state index in [4.69, 9.17) is 5.73 Å². The Bertz CT molecular complexity index is 227. The summed E-state index contributed by atoms with van der Waals surface area (Å²) in [5.74, 6) is -0.551. The number of nitrogens with two attached hydrogens (primary N) is 1. The first-order valence-corrected chi connectivity index (χ1v) is 6.66. The summed E-state index contributed by atoms with van der Waals surface area (Å²) in [6.45, 7) is 4.21. The molecular weight excluding hydrogens is 227 g/mol. The summed E-state index contributed by atoms with van der Waals surface area (Å²) in [7, 11) is 0. The standard InChI is InChI=1S/C13H24F3N/c1-3-9(2)7-12(17)10-5-4-6-11(8-10)13(14,15)16/h9-12H,3-8,17H2,1-2H3. The van der Waals surface area contributed by atoms with Crippen LogP contribution in [0.4, 0.5) is 13.2 Å². The Hall–Kier alpha value is -0.250. The molecule has 0 aliphatic heterocycles. The van der Waals surface area contributed by atoms with E-state index in [2.05, 4.69) is 13.8 Å². The molecule has 0 aromatic heterocycles. The van der Waals surface area contributed by atoms with E-state index in [1.807, 2.05) is 0 Å². The Morgan fingerprint density at radius 1 is 1.29 bits per heavy atom. The van der Waals surface area contributed by atoms with Gasteiger partial charge in [0.25, 0.3) is 0 Å². The predicted octanol–water partition coefficient (Wildman–Crippen LogP) is 4.12. The number of hydrogen-bond donors (Lipinski definition) is 1. The minimum atomic E-state index is -4.03. The molecule has 1 nitrogen and oxygen atoms in total. The number of alkyl halides is 3. The van der Waals surface area contributed by atoms with Crippen molar-refractivity contribution in [1.29, 1.82) is 0 Å². The monoisotopic (exact) mass is 251 g/mol. The molecule has 17 heavy (non-hydrogen) atoms. The summed E-state index contributed by atoms with van der Waals surface area (Å²) in [5, 5.41) is 0. The predicted molar refractivity (Wildman–Crippen MR) is 63.6 cm³/mol. The van der Waals surface area contributed by atoms with Gasteiger partial charge >= 0.3 is 6.18 Å². The van der Waals surface area contributed by atoms with Gasteiger partial charge in [-0.1, -0.05) is 26.7 Å². The molecule has 1 fully saturated rings. The van der Waals surface area contributed by atoms with Crippen molar-refractivity contribution in [3.05, 3.63) is 0 Å². The molecule has 102 valence electrons. The van der Waals surface area contributed by atoms with Crippen LogP contribution in [0.25, 0.3) is 0 Å². The SMILES string of the molecule is CCC(C)CC(N)C1CCCC(C(F)(F)F)C1. The fourth-order valence-corrected chi connectivity index (χ4v) is 2.74.